The smallest absolute Gasteiger partial charge is 0.149 e. The lowest BCUT2D eigenvalue weighted by Crippen LogP contribution is -2.55. The van der Waals surface area contributed by atoms with E-state index in [1.165, 1.54) is 39.0 Å². The van der Waals surface area contributed by atoms with E-state index < -0.39 is 0 Å². The molecule has 134 valence electrons. The van der Waals surface area contributed by atoms with E-state index in [9.17, 15) is 4.79 Å². The molecule has 1 unspecified atom stereocenters. The highest BCUT2D eigenvalue weighted by molar-refractivity contribution is 5.82. The quantitative estimate of drug-likeness (QED) is 0.750. The van der Waals surface area contributed by atoms with Crippen molar-refractivity contribution in [3.63, 3.8) is 0 Å². The number of hydrogen-bond acceptors (Lipinski definition) is 4. The molecule has 0 spiro atoms. The fourth-order valence-corrected chi connectivity index (χ4v) is 4.08. The lowest BCUT2D eigenvalue weighted by Gasteiger charge is -2.44. The fourth-order valence-electron chi connectivity index (χ4n) is 4.08. The van der Waals surface area contributed by atoms with E-state index in [2.05, 4.69) is 35.5 Å². The van der Waals surface area contributed by atoms with Gasteiger partial charge in [-0.15, -0.1) is 0 Å². The molecule has 0 radical (unpaired) electrons. The molecule has 2 saturated heterocycles. The van der Waals surface area contributed by atoms with E-state index in [1.807, 2.05) is 13.8 Å². The van der Waals surface area contributed by atoms with Crippen LogP contribution in [-0.4, -0.2) is 78.4 Å². The summed E-state index contributed by atoms with van der Waals surface area (Å²) in [5.41, 5.74) is 0. The predicted octanol–water partition coefficient (Wildman–Crippen LogP) is 2.34. The number of Topliss-reactive ketones (excluding diaryl/α,β-unsaturated/α-hetero) is 1. The summed E-state index contributed by atoms with van der Waals surface area (Å²) in [5.74, 6) is 1.38. The number of carbonyl (C=O) groups is 1. The monoisotopic (exact) mass is 323 g/mol. The maximum atomic E-state index is 11.9. The van der Waals surface area contributed by atoms with Crippen molar-refractivity contribution in [3.05, 3.63) is 0 Å². The van der Waals surface area contributed by atoms with Crippen LogP contribution in [0.4, 0.5) is 0 Å². The molecule has 0 amide bonds. The van der Waals surface area contributed by atoms with Gasteiger partial charge in [-0.1, -0.05) is 13.8 Å². The van der Waals surface area contributed by atoms with Crippen LogP contribution in [-0.2, 0) is 4.79 Å². The molecular weight excluding hydrogens is 286 g/mol. The van der Waals surface area contributed by atoms with Gasteiger partial charge in [-0.05, 0) is 52.6 Å². The first-order valence-corrected chi connectivity index (χ1v) is 9.60. The Balaban J connectivity index is 1.70. The van der Waals surface area contributed by atoms with Crippen molar-refractivity contribution in [1.82, 2.24) is 14.7 Å². The van der Waals surface area contributed by atoms with Gasteiger partial charge in [0.1, 0.15) is 5.78 Å². The third-order valence-corrected chi connectivity index (χ3v) is 5.67. The Kier molecular flexibility index (Phi) is 7.05. The van der Waals surface area contributed by atoms with E-state index in [4.69, 9.17) is 0 Å². The maximum Gasteiger partial charge on any atom is 0.149 e. The molecule has 2 heterocycles. The van der Waals surface area contributed by atoms with Crippen LogP contribution in [0.2, 0.25) is 0 Å². The minimum Gasteiger partial charge on any atom is -0.300 e. The van der Waals surface area contributed by atoms with E-state index >= 15 is 0 Å². The van der Waals surface area contributed by atoms with Gasteiger partial charge < -0.3 is 4.90 Å². The molecule has 2 aliphatic heterocycles. The van der Waals surface area contributed by atoms with Crippen molar-refractivity contribution in [3.8, 4) is 0 Å². The molecule has 23 heavy (non-hydrogen) atoms. The van der Waals surface area contributed by atoms with Gasteiger partial charge in [-0.3, -0.25) is 14.6 Å². The number of hydrogen-bond donors (Lipinski definition) is 0. The Morgan fingerprint density at radius 3 is 2.17 bits per heavy atom. The van der Waals surface area contributed by atoms with E-state index in [-0.39, 0.29) is 5.92 Å². The summed E-state index contributed by atoms with van der Waals surface area (Å²) in [5, 5.41) is 0. The molecule has 4 nitrogen and oxygen atoms in total. The van der Waals surface area contributed by atoms with Crippen molar-refractivity contribution in [2.45, 2.75) is 59.5 Å². The molecule has 0 aromatic heterocycles. The molecule has 1 atom stereocenters. The van der Waals surface area contributed by atoms with E-state index in [0.29, 0.717) is 24.4 Å². The van der Waals surface area contributed by atoms with Gasteiger partial charge in [0.15, 0.2) is 0 Å². The molecule has 0 N–H and O–H groups in total. The first-order chi connectivity index (χ1) is 10.9. The van der Waals surface area contributed by atoms with Crippen LogP contribution >= 0.6 is 0 Å². The third-order valence-electron chi connectivity index (χ3n) is 5.67. The van der Waals surface area contributed by atoms with Crippen LogP contribution in [0.25, 0.3) is 0 Å². The molecule has 0 aliphatic carbocycles. The van der Waals surface area contributed by atoms with E-state index in [0.717, 1.165) is 19.0 Å². The number of likely N-dealkylation sites (tertiary alicyclic amines) is 1. The van der Waals surface area contributed by atoms with Gasteiger partial charge in [-0.25, -0.2) is 0 Å². The van der Waals surface area contributed by atoms with Crippen LogP contribution in [0.1, 0.15) is 47.5 Å². The Morgan fingerprint density at radius 1 is 1.00 bits per heavy atom. The van der Waals surface area contributed by atoms with Crippen LogP contribution in [0, 0.1) is 11.8 Å². The summed E-state index contributed by atoms with van der Waals surface area (Å²) in [7, 11) is 0. The fraction of sp³-hybridized carbons (Fsp3) is 0.947. The zero-order valence-electron chi connectivity index (χ0n) is 15.9. The van der Waals surface area contributed by atoms with Gasteiger partial charge in [0, 0.05) is 44.2 Å². The summed E-state index contributed by atoms with van der Waals surface area (Å²) in [6.45, 7) is 18.7. The second kappa shape index (κ2) is 8.59. The second-order valence-corrected chi connectivity index (χ2v) is 8.28. The lowest BCUT2D eigenvalue weighted by molar-refractivity contribution is -0.123. The Hall–Kier alpha value is -0.450. The maximum absolute atomic E-state index is 11.9. The van der Waals surface area contributed by atoms with Gasteiger partial charge >= 0.3 is 0 Å². The molecule has 2 rings (SSSR count). The van der Waals surface area contributed by atoms with Gasteiger partial charge in [0.05, 0.1) is 6.54 Å². The highest BCUT2D eigenvalue weighted by Crippen LogP contribution is 2.21. The first kappa shape index (κ1) is 18.9. The van der Waals surface area contributed by atoms with Crippen LogP contribution < -0.4 is 0 Å². The molecule has 2 aliphatic rings. The number of rotatable bonds is 6. The Morgan fingerprint density at radius 2 is 1.65 bits per heavy atom. The standard InChI is InChI=1S/C19H37N3O/c1-15(2)19(23)14-20-8-6-18(7-9-20)13-21-10-11-22(16(3)4)17(5)12-21/h15-18H,6-14H2,1-5H3. The Bertz CT molecular complexity index is 375. The molecule has 4 heteroatoms. The van der Waals surface area contributed by atoms with Gasteiger partial charge in [0.25, 0.3) is 0 Å². The normalized spacial score (nSPS) is 26.3. The predicted molar refractivity (Wildman–Crippen MR) is 96.8 cm³/mol. The summed E-state index contributed by atoms with van der Waals surface area (Å²) in [4.78, 5) is 19.5. The van der Waals surface area contributed by atoms with Gasteiger partial charge in [0.2, 0.25) is 0 Å². The van der Waals surface area contributed by atoms with Crippen molar-refractivity contribution >= 4 is 5.78 Å². The topological polar surface area (TPSA) is 26.8 Å². The van der Waals surface area contributed by atoms with E-state index in [1.54, 1.807) is 0 Å². The van der Waals surface area contributed by atoms with Crippen molar-refractivity contribution in [2.24, 2.45) is 11.8 Å². The van der Waals surface area contributed by atoms with Crippen molar-refractivity contribution in [1.29, 1.82) is 0 Å². The van der Waals surface area contributed by atoms with Crippen molar-refractivity contribution < 1.29 is 4.79 Å². The average molecular weight is 324 g/mol. The average Bonchev–Trinajstić information content (AvgIpc) is 2.48. The molecule has 0 aromatic carbocycles. The largest absolute Gasteiger partial charge is 0.300 e. The minimum absolute atomic E-state index is 0.173. The number of carbonyl (C=O) groups excluding carboxylic acids is 1. The second-order valence-electron chi connectivity index (χ2n) is 8.28. The molecular formula is C19H37N3O. The lowest BCUT2D eigenvalue weighted by atomic mass is 9.95. The number of piperazine rings is 1. The summed E-state index contributed by atoms with van der Waals surface area (Å²) in [6.07, 6.45) is 2.51. The summed E-state index contributed by atoms with van der Waals surface area (Å²) >= 11 is 0. The van der Waals surface area contributed by atoms with Crippen LogP contribution in [0.5, 0.6) is 0 Å². The highest BCUT2D eigenvalue weighted by Gasteiger charge is 2.28. The summed E-state index contributed by atoms with van der Waals surface area (Å²) < 4.78 is 0. The number of ketones is 1. The zero-order chi connectivity index (χ0) is 17.0. The molecule has 0 saturated carbocycles. The number of piperidine rings is 1. The minimum atomic E-state index is 0.173. The number of nitrogens with zero attached hydrogens (tertiary/aromatic N) is 3. The van der Waals surface area contributed by atoms with Gasteiger partial charge in [-0.2, -0.15) is 0 Å². The Labute approximate surface area is 143 Å². The SMILES string of the molecule is CC(C)C(=O)CN1CCC(CN2CCN(C(C)C)C(C)C2)CC1. The van der Waals surface area contributed by atoms with Crippen LogP contribution in [0.15, 0.2) is 0 Å². The molecule has 0 aromatic rings. The molecule has 0 bridgehead atoms. The third kappa shape index (κ3) is 5.54. The molecule has 2 fully saturated rings. The summed E-state index contributed by atoms with van der Waals surface area (Å²) in [6, 6.07) is 1.33. The highest BCUT2D eigenvalue weighted by atomic mass is 16.1. The first-order valence-electron chi connectivity index (χ1n) is 9.60. The van der Waals surface area contributed by atoms with Crippen LogP contribution in [0.3, 0.4) is 0 Å². The zero-order valence-corrected chi connectivity index (χ0v) is 15.9. The van der Waals surface area contributed by atoms with Crippen molar-refractivity contribution in [2.75, 3.05) is 45.8 Å².